The van der Waals surface area contributed by atoms with Crippen molar-refractivity contribution in [3.8, 4) is 0 Å². The molecule has 0 bridgehead atoms. The van der Waals surface area contributed by atoms with Crippen LogP contribution in [0, 0.1) is 0 Å². The van der Waals surface area contributed by atoms with Crippen LogP contribution in [0.15, 0.2) is 11.3 Å². The lowest BCUT2D eigenvalue weighted by molar-refractivity contribution is -0.300. The molecule has 2 unspecified atom stereocenters. The highest BCUT2D eigenvalue weighted by atomic mass is 16.8. The summed E-state index contributed by atoms with van der Waals surface area (Å²) in [5.41, 5.74) is 5.94. The second kappa shape index (κ2) is 7.44. The SMILES string of the molecule is Nc1ncnc2c1N=C[N+]2(OC1O[C@H](CO)[C@@H](O)[C@@H]1O)[C@@H]1O[C@H](CO)[C@@H](O)[C@H]1O. The predicted molar refractivity (Wildman–Crippen MR) is 93.0 cm³/mol. The fourth-order valence-corrected chi connectivity index (χ4v) is 3.61. The molecule has 4 heterocycles. The Labute approximate surface area is 163 Å². The van der Waals surface area contributed by atoms with Gasteiger partial charge >= 0.3 is 5.82 Å². The zero-order valence-electron chi connectivity index (χ0n) is 15.0. The number of nitrogen functional groups attached to an aromatic ring is 1. The van der Waals surface area contributed by atoms with Crippen LogP contribution in [0.1, 0.15) is 0 Å². The fourth-order valence-electron chi connectivity index (χ4n) is 3.61. The van der Waals surface area contributed by atoms with E-state index >= 15 is 0 Å². The molecule has 3 aliphatic heterocycles. The minimum Gasteiger partial charge on any atom is -0.394 e. The van der Waals surface area contributed by atoms with Crippen molar-refractivity contribution in [3.05, 3.63) is 6.33 Å². The number of rotatable bonds is 5. The maximum atomic E-state index is 10.6. The molecule has 160 valence electrons. The molecule has 2 saturated heterocycles. The quantitative estimate of drug-likeness (QED) is 0.228. The molecule has 1 aromatic rings. The van der Waals surface area contributed by atoms with Crippen molar-refractivity contribution < 1.29 is 45.0 Å². The number of ether oxygens (including phenoxy) is 2. The largest absolute Gasteiger partial charge is 0.394 e. The van der Waals surface area contributed by atoms with E-state index in [2.05, 4.69) is 15.0 Å². The van der Waals surface area contributed by atoms with Gasteiger partial charge < -0.3 is 45.8 Å². The maximum absolute atomic E-state index is 10.6. The number of fused-ring (bicyclic) bond motifs is 1. The monoisotopic (exact) mass is 416 g/mol. The number of aliphatic hydroxyl groups excluding tert-OH is 6. The van der Waals surface area contributed by atoms with Crippen LogP contribution in [0.2, 0.25) is 0 Å². The van der Waals surface area contributed by atoms with Gasteiger partial charge in [-0.15, -0.1) is 0 Å². The zero-order chi connectivity index (χ0) is 20.9. The number of nitrogens with zero attached hydrogens (tertiary/aromatic N) is 4. The van der Waals surface area contributed by atoms with Crippen LogP contribution >= 0.6 is 0 Å². The lowest BCUT2D eigenvalue weighted by atomic mass is 10.1. The molecule has 1 aromatic heterocycles. The van der Waals surface area contributed by atoms with Gasteiger partial charge in [0.25, 0.3) is 6.23 Å². The molecular formula is C15H22N5O9+. The van der Waals surface area contributed by atoms with E-state index in [9.17, 15) is 30.6 Å². The van der Waals surface area contributed by atoms with Gasteiger partial charge in [-0.25, -0.2) is 4.98 Å². The van der Waals surface area contributed by atoms with Crippen LogP contribution in [0.25, 0.3) is 0 Å². The predicted octanol–water partition coefficient (Wildman–Crippen LogP) is -4.15. The van der Waals surface area contributed by atoms with Crippen LogP contribution in [-0.4, -0.2) is 109 Å². The summed E-state index contributed by atoms with van der Waals surface area (Å²) in [6, 6.07) is 0. The van der Waals surface area contributed by atoms with Gasteiger partial charge in [0.05, 0.1) is 13.2 Å². The number of aromatic nitrogens is 2. The third-order valence-corrected chi connectivity index (χ3v) is 5.19. The van der Waals surface area contributed by atoms with Gasteiger partial charge in [0.2, 0.25) is 12.6 Å². The Morgan fingerprint density at radius 1 is 0.966 bits per heavy atom. The van der Waals surface area contributed by atoms with Crippen molar-refractivity contribution in [1.29, 1.82) is 0 Å². The second-order valence-corrected chi connectivity index (χ2v) is 6.93. The van der Waals surface area contributed by atoms with E-state index < -0.39 is 67.0 Å². The van der Waals surface area contributed by atoms with E-state index in [1.165, 1.54) is 0 Å². The average molecular weight is 416 g/mol. The molecule has 0 radical (unpaired) electrons. The van der Waals surface area contributed by atoms with E-state index in [1.54, 1.807) is 0 Å². The molecule has 9 atom stereocenters. The molecule has 0 aromatic carbocycles. The first-order chi connectivity index (χ1) is 13.8. The zero-order valence-corrected chi connectivity index (χ0v) is 15.0. The van der Waals surface area contributed by atoms with Crippen LogP contribution in [0.5, 0.6) is 0 Å². The van der Waals surface area contributed by atoms with E-state index in [-0.39, 0.29) is 17.3 Å². The lowest BCUT2D eigenvalue weighted by Gasteiger charge is -2.34. The molecular weight excluding hydrogens is 394 g/mol. The average Bonchev–Trinajstić information content (AvgIpc) is 3.32. The standard InChI is InChI=1S/C15H22N5O9/c16-12-7-13(18-3-17-12)20(4-19-7,14-10(25)8(23)5(1-21)27-14)29-15-11(26)9(24)6(2-22)28-15/h3-6,8-11,14-15,21-26H,1-2H2,(H2,16,17,18)/q+1/t5-,6-,8-,9-,10-,11+,14-,15?,20?/m1/s1. The highest BCUT2D eigenvalue weighted by Gasteiger charge is 2.62. The molecule has 3 aliphatic rings. The summed E-state index contributed by atoms with van der Waals surface area (Å²) in [6.07, 6.45) is -8.85. The summed E-state index contributed by atoms with van der Waals surface area (Å²) >= 11 is 0. The normalized spacial score (nSPS) is 43.8. The topological polar surface area (TPSA) is 213 Å². The Kier molecular flexibility index (Phi) is 5.24. The van der Waals surface area contributed by atoms with Gasteiger partial charge in [-0.2, -0.15) is 14.8 Å². The lowest BCUT2D eigenvalue weighted by Crippen LogP contribution is -2.62. The molecule has 0 spiro atoms. The number of hydrogen-bond acceptors (Lipinski definition) is 13. The van der Waals surface area contributed by atoms with E-state index in [4.69, 9.17) is 20.0 Å². The summed E-state index contributed by atoms with van der Waals surface area (Å²) in [4.78, 5) is 17.9. The molecule has 14 nitrogen and oxygen atoms in total. The third-order valence-electron chi connectivity index (χ3n) is 5.19. The summed E-state index contributed by atoms with van der Waals surface area (Å²) in [5, 5.41) is 59.7. The second-order valence-electron chi connectivity index (χ2n) is 6.93. The number of aliphatic imine (C=N–C) groups is 1. The first-order valence-electron chi connectivity index (χ1n) is 8.82. The Morgan fingerprint density at radius 2 is 1.62 bits per heavy atom. The van der Waals surface area contributed by atoms with Gasteiger partial charge in [-0.05, 0) is 0 Å². The maximum Gasteiger partial charge on any atom is 0.300 e. The summed E-state index contributed by atoms with van der Waals surface area (Å²) in [5.74, 6) is 0.0211. The molecule has 0 amide bonds. The number of nitrogens with two attached hydrogens (primary N) is 1. The van der Waals surface area contributed by atoms with Crippen LogP contribution in [0.3, 0.4) is 0 Å². The van der Waals surface area contributed by atoms with Crippen molar-refractivity contribution in [2.75, 3.05) is 18.9 Å². The molecule has 14 heteroatoms. The first kappa shape index (κ1) is 20.4. The number of hydrogen-bond donors (Lipinski definition) is 7. The van der Waals surface area contributed by atoms with Crippen LogP contribution in [0.4, 0.5) is 17.3 Å². The summed E-state index contributed by atoms with van der Waals surface area (Å²) in [6.45, 7) is -1.16. The Bertz CT molecular complexity index is 799. The molecule has 29 heavy (non-hydrogen) atoms. The number of aliphatic hydroxyl groups is 6. The Hall–Kier alpha value is -1.85. The number of quaternary nitrogens is 1. The molecule has 4 rings (SSSR count). The minimum atomic E-state index is -1.56. The van der Waals surface area contributed by atoms with Crippen molar-refractivity contribution in [2.45, 2.75) is 49.1 Å². The van der Waals surface area contributed by atoms with Gasteiger partial charge in [-0.3, -0.25) is 0 Å². The van der Waals surface area contributed by atoms with Crippen LogP contribution in [-0.2, 0) is 14.3 Å². The first-order valence-corrected chi connectivity index (χ1v) is 8.82. The van der Waals surface area contributed by atoms with Gasteiger partial charge in [0.1, 0.15) is 36.8 Å². The summed E-state index contributed by atoms with van der Waals surface area (Å²) in [7, 11) is 0. The third kappa shape index (κ3) is 3.01. The van der Waals surface area contributed by atoms with Gasteiger partial charge in [-0.1, -0.05) is 4.65 Å². The van der Waals surface area contributed by atoms with Crippen molar-refractivity contribution in [3.63, 3.8) is 0 Å². The van der Waals surface area contributed by atoms with E-state index in [0.717, 1.165) is 12.7 Å². The highest BCUT2D eigenvalue weighted by Crippen LogP contribution is 2.45. The minimum absolute atomic E-state index is 0.00255. The van der Waals surface area contributed by atoms with E-state index in [0.29, 0.717) is 0 Å². The molecule has 0 saturated carbocycles. The molecule has 0 aliphatic carbocycles. The fraction of sp³-hybridized carbons (Fsp3) is 0.667. The molecule has 8 N–H and O–H groups in total. The van der Waals surface area contributed by atoms with Crippen molar-refractivity contribution in [1.82, 2.24) is 14.6 Å². The van der Waals surface area contributed by atoms with Crippen molar-refractivity contribution in [2.24, 2.45) is 4.99 Å². The number of anilines is 1. The summed E-state index contributed by atoms with van der Waals surface area (Å²) < 4.78 is 10.0. The smallest absolute Gasteiger partial charge is 0.300 e. The molecule has 2 fully saturated rings. The Balaban J connectivity index is 1.75. The van der Waals surface area contributed by atoms with Crippen molar-refractivity contribution >= 4 is 23.7 Å². The van der Waals surface area contributed by atoms with Gasteiger partial charge in [0, 0.05) is 0 Å². The highest BCUT2D eigenvalue weighted by molar-refractivity contribution is 5.89. The number of hydroxylamine groups is 2. The Morgan fingerprint density at radius 3 is 2.24 bits per heavy atom. The van der Waals surface area contributed by atoms with Gasteiger partial charge in [0.15, 0.2) is 17.6 Å². The van der Waals surface area contributed by atoms with Crippen LogP contribution < -0.4 is 10.4 Å². The van der Waals surface area contributed by atoms with E-state index in [1.807, 2.05) is 0 Å².